The second kappa shape index (κ2) is 5.77. The molecule has 0 saturated carbocycles. The highest BCUT2D eigenvalue weighted by Gasteiger charge is 2.13. The molecule has 0 aliphatic carbocycles. The summed E-state index contributed by atoms with van der Waals surface area (Å²) < 4.78 is 0. The fourth-order valence-electron chi connectivity index (χ4n) is 1.25. The number of carbonyl (C=O) groups excluding carboxylic acids is 1. The normalized spacial score (nSPS) is 12.5. The van der Waals surface area contributed by atoms with Gasteiger partial charge < -0.3 is 15.5 Å². The minimum Gasteiger partial charge on any atom is -0.508 e. The maximum atomic E-state index is 11.7. The van der Waals surface area contributed by atoms with Crippen LogP contribution in [0.15, 0.2) is 18.2 Å². The van der Waals surface area contributed by atoms with Gasteiger partial charge in [-0.15, -0.1) is 11.6 Å². The van der Waals surface area contributed by atoms with E-state index >= 15 is 0 Å². The fourth-order valence-corrected chi connectivity index (χ4v) is 1.33. The first-order chi connectivity index (χ1) is 7.90. The zero-order valence-electron chi connectivity index (χ0n) is 9.77. The lowest BCUT2D eigenvalue weighted by molar-refractivity contribution is 0.0951. The highest BCUT2D eigenvalue weighted by atomic mass is 35.5. The zero-order valence-corrected chi connectivity index (χ0v) is 10.5. The Morgan fingerprint density at radius 3 is 2.29 bits per heavy atom. The Labute approximate surface area is 105 Å². The van der Waals surface area contributed by atoms with Crippen LogP contribution in [0.2, 0.25) is 0 Å². The maximum absolute atomic E-state index is 11.7. The predicted molar refractivity (Wildman–Crippen MR) is 66.6 cm³/mol. The molecular weight excluding hydrogens is 242 g/mol. The Balaban J connectivity index is 2.64. The Kier molecular flexibility index (Phi) is 4.63. The molecule has 1 unspecified atom stereocenters. The van der Waals surface area contributed by atoms with Crippen molar-refractivity contribution in [2.75, 3.05) is 6.54 Å². The van der Waals surface area contributed by atoms with E-state index < -0.39 is 0 Å². The van der Waals surface area contributed by atoms with Gasteiger partial charge in [0.15, 0.2) is 0 Å². The van der Waals surface area contributed by atoms with Crippen molar-refractivity contribution in [1.29, 1.82) is 0 Å². The molecule has 0 aliphatic rings. The number of nitrogens with one attached hydrogen (secondary N) is 1. The third-order valence-electron chi connectivity index (χ3n) is 2.35. The number of hydrogen-bond acceptors (Lipinski definition) is 3. The third-order valence-corrected chi connectivity index (χ3v) is 3.00. The number of hydrogen-bond donors (Lipinski definition) is 3. The van der Waals surface area contributed by atoms with Crippen molar-refractivity contribution in [1.82, 2.24) is 5.32 Å². The Hall–Kier alpha value is -1.42. The molecule has 1 rings (SSSR count). The van der Waals surface area contributed by atoms with Gasteiger partial charge in [0, 0.05) is 18.2 Å². The maximum Gasteiger partial charge on any atom is 0.251 e. The first-order valence-electron chi connectivity index (χ1n) is 5.35. The third kappa shape index (κ3) is 4.15. The van der Waals surface area contributed by atoms with E-state index in [0.717, 1.165) is 6.07 Å². The first-order valence-corrected chi connectivity index (χ1v) is 5.79. The van der Waals surface area contributed by atoms with Crippen LogP contribution < -0.4 is 5.32 Å². The van der Waals surface area contributed by atoms with E-state index in [1.54, 1.807) is 0 Å². The van der Waals surface area contributed by atoms with Crippen molar-refractivity contribution in [2.24, 2.45) is 5.92 Å². The van der Waals surface area contributed by atoms with Gasteiger partial charge in [-0.25, -0.2) is 0 Å². The molecule has 1 atom stereocenters. The quantitative estimate of drug-likeness (QED) is 0.724. The van der Waals surface area contributed by atoms with Gasteiger partial charge in [-0.3, -0.25) is 4.79 Å². The van der Waals surface area contributed by atoms with Gasteiger partial charge in [-0.2, -0.15) is 0 Å². The summed E-state index contributed by atoms with van der Waals surface area (Å²) >= 11 is 6.00. The molecule has 1 aromatic rings. The topological polar surface area (TPSA) is 69.6 Å². The molecule has 4 nitrogen and oxygen atoms in total. The zero-order chi connectivity index (χ0) is 13.0. The van der Waals surface area contributed by atoms with Crippen molar-refractivity contribution in [3.63, 3.8) is 0 Å². The van der Waals surface area contributed by atoms with E-state index in [4.69, 9.17) is 11.6 Å². The minimum atomic E-state index is -0.373. The standard InChI is InChI=1S/C12H16ClNO3/c1-7(2)11(13)6-14-12(17)8-3-9(15)5-10(16)4-8/h3-5,7,11,15-16H,6H2,1-2H3,(H,14,17). The van der Waals surface area contributed by atoms with Gasteiger partial charge >= 0.3 is 0 Å². The number of halogens is 1. The molecule has 94 valence electrons. The van der Waals surface area contributed by atoms with Crippen molar-refractivity contribution in [2.45, 2.75) is 19.2 Å². The average molecular weight is 258 g/mol. The largest absolute Gasteiger partial charge is 0.508 e. The van der Waals surface area contributed by atoms with Crippen LogP contribution in [0, 0.1) is 5.92 Å². The van der Waals surface area contributed by atoms with Gasteiger partial charge in [-0.1, -0.05) is 13.8 Å². The van der Waals surface area contributed by atoms with Crippen LogP contribution in [0.1, 0.15) is 24.2 Å². The summed E-state index contributed by atoms with van der Waals surface area (Å²) in [6.45, 7) is 4.27. The van der Waals surface area contributed by atoms with Crippen LogP contribution in [-0.4, -0.2) is 28.0 Å². The van der Waals surface area contributed by atoms with Gasteiger partial charge in [0.1, 0.15) is 11.5 Å². The monoisotopic (exact) mass is 257 g/mol. The van der Waals surface area contributed by atoms with E-state index in [0.29, 0.717) is 6.54 Å². The lowest BCUT2D eigenvalue weighted by Crippen LogP contribution is -2.31. The summed E-state index contributed by atoms with van der Waals surface area (Å²) in [4.78, 5) is 11.7. The number of benzene rings is 1. The van der Waals surface area contributed by atoms with Crippen LogP contribution in [-0.2, 0) is 0 Å². The number of rotatable bonds is 4. The molecule has 0 heterocycles. The molecule has 3 N–H and O–H groups in total. The number of alkyl halides is 1. The van der Waals surface area contributed by atoms with Crippen LogP contribution >= 0.6 is 11.6 Å². The smallest absolute Gasteiger partial charge is 0.251 e. The van der Waals surface area contributed by atoms with E-state index in [1.165, 1.54) is 12.1 Å². The summed E-state index contributed by atoms with van der Waals surface area (Å²) in [6, 6.07) is 3.73. The summed E-state index contributed by atoms with van der Waals surface area (Å²) in [5.74, 6) is -0.417. The van der Waals surface area contributed by atoms with Crippen molar-refractivity contribution in [3.8, 4) is 11.5 Å². The summed E-state index contributed by atoms with van der Waals surface area (Å²) in [6.07, 6.45) is 0. The number of carbonyl (C=O) groups is 1. The number of amides is 1. The predicted octanol–water partition coefficient (Wildman–Crippen LogP) is 2.09. The molecule has 0 radical (unpaired) electrons. The van der Waals surface area contributed by atoms with Crippen LogP contribution in [0.4, 0.5) is 0 Å². The van der Waals surface area contributed by atoms with Crippen molar-refractivity contribution in [3.05, 3.63) is 23.8 Å². The highest BCUT2D eigenvalue weighted by molar-refractivity contribution is 6.21. The SMILES string of the molecule is CC(C)C(Cl)CNC(=O)c1cc(O)cc(O)c1. The van der Waals surface area contributed by atoms with Crippen LogP contribution in [0.3, 0.4) is 0 Å². The number of phenolic OH excluding ortho intramolecular Hbond substituents is 2. The fraction of sp³-hybridized carbons (Fsp3) is 0.417. The Bertz CT molecular complexity index is 386. The summed E-state index contributed by atoms with van der Waals surface area (Å²) in [7, 11) is 0. The molecule has 0 fully saturated rings. The first kappa shape index (κ1) is 13.6. The lowest BCUT2D eigenvalue weighted by Gasteiger charge is -2.14. The average Bonchev–Trinajstić information content (AvgIpc) is 2.23. The van der Waals surface area contributed by atoms with E-state index in [9.17, 15) is 15.0 Å². The van der Waals surface area contributed by atoms with E-state index in [-0.39, 0.29) is 34.3 Å². The molecule has 0 aromatic heterocycles. The molecule has 1 amide bonds. The van der Waals surface area contributed by atoms with E-state index in [2.05, 4.69) is 5.32 Å². The molecule has 1 aromatic carbocycles. The Morgan fingerprint density at radius 2 is 1.82 bits per heavy atom. The molecule has 17 heavy (non-hydrogen) atoms. The molecule has 5 heteroatoms. The summed E-state index contributed by atoms with van der Waals surface area (Å²) in [5.41, 5.74) is 0.204. The van der Waals surface area contributed by atoms with Crippen molar-refractivity contribution >= 4 is 17.5 Å². The molecular formula is C12H16ClNO3. The van der Waals surface area contributed by atoms with Crippen molar-refractivity contribution < 1.29 is 15.0 Å². The summed E-state index contributed by atoms with van der Waals surface area (Å²) in [5, 5.41) is 21.0. The van der Waals surface area contributed by atoms with E-state index in [1.807, 2.05) is 13.8 Å². The number of phenols is 2. The Morgan fingerprint density at radius 1 is 1.29 bits per heavy atom. The van der Waals surface area contributed by atoms with Gasteiger partial charge in [-0.05, 0) is 18.1 Å². The van der Waals surface area contributed by atoms with Gasteiger partial charge in [0.2, 0.25) is 0 Å². The molecule has 0 bridgehead atoms. The molecule has 0 saturated heterocycles. The second-order valence-electron chi connectivity index (χ2n) is 4.21. The highest BCUT2D eigenvalue weighted by Crippen LogP contribution is 2.20. The number of aromatic hydroxyl groups is 2. The molecule has 0 aliphatic heterocycles. The van der Waals surface area contributed by atoms with Crippen LogP contribution in [0.5, 0.6) is 11.5 Å². The lowest BCUT2D eigenvalue weighted by atomic mass is 10.1. The second-order valence-corrected chi connectivity index (χ2v) is 4.77. The van der Waals surface area contributed by atoms with Crippen LogP contribution in [0.25, 0.3) is 0 Å². The van der Waals surface area contributed by atoms with Gasteiger partial charge in [0.05, 0.1) is 5.38 Å². The molecule has 0 spiro atoms. The minimum absolute atomic E-state index is 0.148. The van der Waals surface area contributed by atoms with Gasteiger partial charge in [0.25, 0.3) is 5.91 Å².